The van der Waals surface area contributed by atoms with Crippen molar-refractivity contribution in [1.82, 2.24) is 4.90 Å². The molecule has 0 radical (unpaired) electrons. The first-order valence-electron chi connectivity index (χ1n) is 5.20. The number of benzene rings is 1. The zero-order valence-corrected chi connectivity index (χ0v) is 9.48. The molecule has 0 N–H and O–H groups in total. The summed E-state index contributed by atoms with van der Waals surface area (Å²) in [7, 11) is 0. The molecule has 0 saturated carbocycles. The van der Waals surface area contributed by atoms with Gasteiger partial charge in [0, 0.05) is 12.3 Å². The van der Waals surface area contributed by atoms with Crippen molar-refractivity contribution in [2.24, 2.45) is 0 Å². The number of likely N-dealkylation sites (tertiary alicyclic amines) is 1. The molecule has 16 heavy (non-hydrogen) atoms. The van der Waals surface area contributed by atoms with Crippen LogP contribution < -0.4 is 0 Å². The molecule has 0 aromatic heterocycles. The average Bonchev–Trinajstić information content (AvgIpc) is 2.27. The summed E-state index contributed by atoms with van der Waals surface area (Å²) in [5.74, 6) is -0.0338. The SMILES string of the molecule is O=C(CCCl)N1C(=O)CC1c1ccccc1. The van der Waals surface area contributed by atoms with Crippen molar-refractivity contribution in [2.45, 2.75) is 18.9 Å². The van der Waals surface area contributed by atoms with Crippen molar-refractivity contribution >= 4 is 23.4 Å². The number of amides is 2. The Kier molecular flexibility index (Phi) is 3.25. The van der Waals surface area contributed by atoms with Gasteiger partial charge >= 0.3 is 0 Å². The molecule has 1 aromatic rings. The van der Waals surface area contributed by atoms with E-state index in [1.165, 1.54) is 4.90 Å². The highest BCUT2D eigenvalue weighted by Crippen LogP contribution is 2.34. The monoisotopic (exact) mass is 237 g/mol. The van der Waals surface area contributed by atoms with Crippen LogP contribution in [0.5, 0.6) is 0 Å². The van der Waals surface area contributed by atoms with Crippen LogP contribution in [0.2, 0.25) is 0 Å². The third kappa shape index (κ3) is 1.95. The van der Waals surface area contributed by atoms with Crippen molar-refractivity contribution in [3.63, 3.8) is 0 Å². The molecule has 1 fully saturated rings. The summed E-state index contributed by atoms with van der Waals surface area (Å²) in [5, 5.41) is 0. The Hall–Kier alpha value is -1.35. The van der Waals surface area contributed by atoms with Gasteiger partial charge in [0.15, 0.2) is 0 Å². The van der Waals surface area contributed by atoms with E-state index in [4.69, 9.17) is 11.6 Å². The number of halogens is 1. The predicted molar refractivity (Wildman–Crippen MR) is 61.0 cm³/mol. The van der Waals surface area contributed by atoms with Gasteiger partial charge in [-0.05, 0) is 5.56 Å². The lowest BCUT2D eigenvalue weighted by Gasteiger charge is -2.38. The minimum Gasteiger partial charge on any atom is -0.274 e. The molecule has 4 heteroatoms. The van der Waals surface area contributed by atoms with Gasteiger partial charge in [0.2, 0.25) is 11.8 Å². The second-order valence-electron chi connectivity index (χ2n) is 3.73. The molecule has 1 heterocycles. The standard InChI is InChI=1S/C12H12ClNO2/c13-7-6-11(15)14-10(8-12(14)16)9-4-2-1-3-5-9/h1-5,10H,6-8H2. The normalized spacial score (nSPS) is 19.4. The number of β-lactam (4-membered cyclic amide) rings is 1. The molecule has 1 aliphatic heterocycles. The smallest absolute Gasteiger partial charge is 0.232 e. The van der Waals surface area contributed by atoms with Crippen LogP contribution in [0.25, 0.3) is 0 Å². The highest BCUT2D eigenvalue weighted by molar-refractivity contribution is 6.19. The fourth-order valence-electron chi connectivity index (χ4n) is 1.87. The number of hydrogen-bond acceptors (Lipinski definition) is 2. The average molecular weight is 238 g/mol. The van der Waals surface area contributed by atoms with Gasteiger partial charge in [-0.15, -0.1) is 11.6 Å². The Morgan fingerprint density at radius 1 is 1.38 bits per heavy atom. The Balaban J connectivity index is 2.13. The lowest BCUT2D eigenvalue weighted by atomic mass is 9.93. The molecule has 0 spiro atoms. The summed E-state index contributed by atoms with van der Waals surface area (Å²) in [5.41, 5.74) is 1.00. The summed E-state index contributed by atoms with van der Waals surface area (Å²) in [6.45, 7) is 0. The third-order valence-electron chi connectivity index (χ3n) is 2.71. The highest BCUT2D eigenvalue weighted by Gasteiger charge is 2.40. The second kappa shape index (κ2) is 4.66. The summed E-state index contributed by atoms with van der Waals surface area (Å²) < 4.78 is 0. The van der Waals surface area contributed by atoms with E-state index in [1.807, 2.05) is 30.3 Å². The van der Waals surface area contributed by atoms with Crippen molar-refractivity contribution < 1.29 is 9.59 Å². The topological polar surface area (TPSA) is 37.4 Å². The number of alkyl halides is 1. The molecule has 84 valence electrons. The number of hydrogen-bond donors (Lipinski definition) is 0. The van der Waals surface area contributed by atoms with E-state index in [2.05, 4.69) is 0 Å². The number of rotatable bonds is 3. The van der Waals surface area contributed by atoms with E-state index in [0.717, 1.165) is 5.56 Å². The van der Waals surface area contributed by atoms with Crippen LogP contribution in [0.3, 0.4) is 0 Å². The van der Waals surface area contributed by atoms with E-state index in [-0.39, 0.29) is 30.2 Å². The molecular formula is C12H12ClNO2. The van der Waals surface area contributed by atoms with Gasteiger partial charge in [-0.1, -0.05) is 30.3 Å². The first kappa shape index (κ1) is 11.1. The molecule has 1 aliphatic rings. The molecule has 1 aromatic carbocycles. The number of carbonyl (C=O) groups excluding carboxylic acids is 2. The number of nitrogens with zero attached hydrogens (tertiary/aromatic N) is 1. The maximum Gasteiger partial charge on any atom is 0.232 e. The number of carbonyl (C=O) groups is 2. The molecular weight excluding hydrogens is 226 g/mol. The highest BCUT2D eigenvalue weighted by atomic mass is 35.5. The Bertz CT molecular complexity index is 405. The fourth-order valence-corrected chi connectivity index (χ4v) is 2.03. The van der Waals surface area contributed by atoms with Gasteiger partial charge in [0.1, 0.15) is 0 Å². The van der Waals surface area contributed by atoms with Gasteiger partial charge < -0.3 is 0 Å². The zero-order valence-electron chi connectivity index (χ0n) is 8.73. The summed E-state index contributed by atoms with van der Waals surface area (Å²) in [6, 6.07) is 9.49. The van der Waals surface area contributed by atoms with Crippen LogP contribution in [0, 0.1) is 0 Å². The second-order valence-corrected chi connectivity index (χ2v) is 4.11. The van der Waals surface area contributed by atoms with E-state index in [0.29, 0.717) is 6.42 Å². The zero-order chi connectivity index (χ0) is 11.5. The molecule has 3 nitrogen and oxygen atoms in total. The molecule has 2 amide bonds. The predicted octanol–water partition coefficient (Wildman–Crippen LogP) is 2.12. The van der Waals surface area contributed by atoms with Crippen LogP contribution in [0.1, 0.15) is 24.4 Å². The van der Waals surface area contributed by atoms with Crippen molar-refractivity contribution in [2.75, 3.05) is 5.88 Å². The molecule has 1 unspecified atom stereocenters. The Morgan fingerprint density at radius 3 is 2.62 bits per heavy atom. The summed E-state index contributed by atoms with van der Waals surface area (Å²) in [6.07, 6.45) is 0.634. The third-order valence-corrected chi connectivity index (χ3v) is 2.90. The fraction of sp³-hybridized carbons (Fsp3) is 0.333. The van der Waals surface area contributed by atoms with Crippen LogP contribution in [0.4, 0.5) is 0 Å². The molecule has 1 atom stereocenters. The van der Waals surface area contributed by atoms with Crippen molar-refractivity contribution in [3.05, 3.63) is 35.9 Å². The van der Waals surface area contributed by atoms with Gasteiger partial charge in [-0.25, -0.2) is 0 Å². The van der Waals surface area contributed by atoms with Crippen molar-refractivity contribution in [1.29, 1.82) is 0 Å². The van der Waals surface area contributed by atoms with Crippen LogP contribution >= 0.6 is 11.6 Å². The van der Waals surface area contributed by atoms with Gasteiger partial charge in [0.25, 0.3) is 0 Å². The number of imide groups is 1. The molecule has 1 saturated heterocycles. The van der Waals surface area contributed by atoms with E-state index in [9.17, 15) is 9.59 Å². The minimum atomic E-state index is -0.180. The van der Waals surface area contributed by atoms with Crippen molar-refractivity contribution in [3.8, 4) is 0 Å². The summed E-state index contributed by atoms with van der Waals surface area (Å²) in [4.78, 5) is 24.3. The first-order chi connectivity index (χ1) is 7.74. The lowest BCUT2D eigenvalue weighted by Crippen LogP contribution is -2.50. The quantitative estimate of drug-likeness (QED) is 0.597. The molecule has 2 rings (SSSR count). The van der Waals surface area contributed by atoms with Crippen LogP contribution in [-0.4, -0.2) is 22.6 Å². The van der Waals surface area contributed by atoms with E-state index in [1.54, 1.807) is 0 Å². The van der Waals surface area contributed by atoms with Gasteiger partial charge in [-0.2, -0.15) is 0 Å². The Morgan fingerprint density at radius 2 is 2.06 bits per heavy atom. The van der Waals surface area contributed by atoms with E-state index < -0.39 is 0 Å². The first-order valence-corrected chi connectivity index (χ1v) is 5.73. The largest absolute Gasteiger partial charge is 0.274 e. The van der Waals surface area contributed by atoms with E-state index >= 15 is 0 Å². The van der Waals surface area contributed by atoms with Gasteiger partial charge in [0.05, 0.1) is 12.5 Å². The lowest BCUT2D eigenvalue weighted by molar-refractivity contribution is -0.158. The maximum absolute atomic E-state index is 11.6. The molecule has 0 bridgehead atoms. The molecule has 0 aliphatic carbocycles. The van der Waals surface area contributed by atoms with Crippen LogP contribution in [-0.2, 0) is 9.59 Å². The summed E-state index contributed by atoms with van der Waals surface area (Å²) >= 11 is 5.50. The van der Waals surface area contributed by atoms with Gasteiger partial charge in [-0.3, -0.25) is 14.5 Å². The van der Waals surface area contributed by atoms with Crippen LogP contribution in [0.15, 0.2) is 30.3 Å². The maximum atomic E-state index is 11.6. The Labute approximate surface area is 99.0 Å². The minimum absolute atomic E-state index is 0.0931.